The van der Waals surface area contributed by atoms with Gasteiger partial charge >= 0.3 is 0 Å². The Morgan fingerprint density at radius 1 is 1.42 bits per heavy atom. The number of nitrogens with two attached hydrogens (primary N) is 1. The van der Waals surface area contributed by atoms with E-state index >= 15 is 0 Å². The van der Waals surface area contributed by atoms with E-state index in [0.717, 1.165) is 6.42 Å². The second-order valence-electron chi connectivity index (χ2n) is 4.19. The topological polar surface area (TPSA) is 43.1 Å². The van der Waals surface area contributed by atoms with Crippen molar-refractivity contribution in [1.82, 2.24) is 0 Å². The maximum Gasteiger partial charge on any atom is 0.0476 e. The van der Waals surface area contributed by atoms with E-state index in [4.69, 9.17) is 5.73 Å². The van der Waals surface area contributed by atoms with Crippen LogP contribution in [0.5, 0.6) is 0 Å². The van der Waals surface area contributed by atoms with Gasteiger partial charge in [-0.1, -0.05) is 6.92 Å². The molecule has 0 heterocycles. The molecular weight excluding hydrogens is 170 g/mol. The molecule has 3 unspecified atom stereocenters. The molecule has 3 heteroatoms. The van der Waals surface area contributed by atoms with Gasteiger partial charge in [0.15, 0.2) is 0 Å². The highest BCUT2D eigenvalue weighted by Gasteiger charge is 2.27. The minimum atomic E-state index is -0.837. The molecule has 0 amide bonds. The van der Waals surface area contributed by atoms with Crippen LogP contribution in [0.1, 0.15) is 41.0 Å². The van der Waals surface area contributed by atoms with Gasteiger partial charge in [0.25, 0.3) is 0 Å². The fourth-order valence-corrected chi connectivity index (χ4v) is 2.67. The monoisotopic (exact) mass is 191 g/mol. The van der Waals surface area contributed by atoms with Crippen LogP contribution in [0, 0.1) is 0 Å². The SMILES string of the molecule is CCC(N)C(C)S(=O)C(C)(C)C. The summed E-state index contributed by atoms with van der Waals surface area (Å²) in [5.74, 6) is 0. The second kappa shape index (κ2) is 4.38. The van der Waals surface area contributed by atoms with Crippen molar-refractivity contribution < 1.29 is 4.21 Å². The molecule has 74 valence electrons. The molecule has 0 spiro atoms. The molecule has 0 aliphatic heterocycles. The van der Waals surface area contributed by atoms with E-state index in [2.05, 4.69) is 0 Å². The van der Waals surface area contributed by atoms with E-state index in [1.54, 1.807) is 0 Å². The Morgan fingerprint density at radius 2 is 1.83 bits per heavy atom. The summed E-state index contributed by atoms with van der Waals surface area (Å²) in [5, 5.41) is 0.0926. The van der Waals surface area contributed by atoms with Gasteiger partial charge in [-0.3, -0.25) is 4.21 Å². The predicted molar refractivity (Wildman–Crippen MR) is 55.6 cm³/mol. The standard InChI is InChI=1S/C9H21NOS/c1-6-8(10)7(2)12(11)9(3,4)5/h7-8H,6,10H2,1-5H3. The first kappa shape index (κ1) is 12.1. The summed E-state index contributed by atoms with van der Waals surface area (Å²) in [7, 11) is -0.837. The molecule has 0 aliphatic rings. The zero-order valence-electron chi connectivity index (χ0n) is 8.76. The highest BCUT2D eigenvalue weighted by molar-refractivity contribution is 7.87. The molecule has 0 fully saturated rings. The molecular formula is C9H21NOS. The van der Waals surface area contributed by atoms with Gasteiger partial charge in [0.1, 0.15) is 0 Å². The first-order valence-corrected chi connectivity index (χ1v) is 5.68. The number of hydrogen-bond acceptors (Lipinski definition) is 2. The van der Waals surface area contributed by atoms with Gasteiger partial charge in [-0.2, -0.15) is 0 Å². The van der Waals surface area contributed by atoms with E-state index in [1.807, 2.05) is 34.6 Å². The molecule has 0 rings (SSSR count). The van der Waals surface area contributed by atoms with Gasteiger partial charge in [0.2, 0.25) is 0 Å². The summed E-state index contributed by atoms with van der Waals surface area (Å²) in [6, 6.07) is 0.0602. The van der Waals surface area contributed by atoms with Crippen LogP contribution in [0.15, 0.2) is 0 Å². The smallest absolute Gasteiger partial charge is 0.0476 e. The van der Waals surface area contributed by atoms with E-state index in [1.165, 1.54) is 0 Å². The fourth-order valence-electron chi connectivity index (χ4n) is 1.05. The third-order valence-corrected chi connectivity index (χ3v) is 4.25. The quantitative estimate of drug-likeness (QED) is 0.737. The summed E-state index contributed by atoms with van der Waals surface area (Å²) in [4.78, 5) is 0. The molecule has 0 saturated heterocycles. The van der Waals surface area contributed by atoms with Crippen molar-refractivity contribution in [3.05, 3.63) is 0 Å². The summed E-state index contributed by atoms with van der Waals surface area (Å²) in [6.45, 7) is 9.96. The highest BCUT2D eigenvalue weighted by atomic mass is 32.2. The van der Waals surface area contributed by atoms with E-state index in [0.29, 0.717) is 0 Å². The van der Waals surface area contributed by atoms with Gasteiger partial charge in [0, 0.05) is 26.8 Å². The average molecular weight is 191 g/mol. The third-order valence-electron chi connectivity index (χ3n) is 2.02. The molecule has 12 heavy (non-hydrogen) atoms. The van der Waals surface area contributed by atoms with E-state index in [9.17, 15) is 4.21 Å². The highest BCUT2D eigenvalue weighted by Crippen LogP contribution is 2.18. The van der Waals surface area contributed by atoms with Crippen LogP contribution in [0.4, 0.5) is 0 Å². The largest absolute Gasteiger partial charge is 0.327 e. The maximum atomic E-state index is 11.8. The lowest BCUT2D eigenvalue weighted by atomic mass is 10.2. The Morgan fingerprint density at radius 3 is 2.08 bits per heavy atom. The van der Waals surface area contributed by atoms with Crippen LogP contribution in [-0.2, 0) is 10.8 Å². The van der Waals surface area contributed by atoms with E-state index in [-0.39, 0.29) is 16.0 Å². The van der Waals surface area contributed by atoms with Crippen LogP contribution < -0.4 is 5.73 Å². The first-order chi connectivity index (χ1) is 5.30. The van der Waals surface area contributed by atoms with Crippen molar-refractivity contribution in [2.75, 3.05) is 0 Å². The summed E-state index contributed by atoms with van der Waals surface area (Å²) in [5.41, 5.74) is 5.82. The zero-order valence-corrected chi connectivity index (χ0v) is 9.57. The van der Waals surface area contributed by atoms with Crippen molar-refractivity contribution in [3.8, 4) is 0 Å². The second-order valence-corrected chi connectivity index (χ2v) is 6.75. The van der Waals surface area contributed by atoms with Gasteiger partial charge in [-0.15, -0.1) is 0 Å². The molecule has 0 aromatic heterocycles. The Balaban J connectivity index is 4.30. The Bertz CT molecular complexity index is 162. The summed E-state index contributed by atoms with van der Waals surface area (Å²) < 4.78 is 11.6. The molecule has 0 aromatic carbocycles. The van der Waals surface area contributed by atoms with E-state index < -0.39 is 10.8 Å². The van der Waals surface area contributed by atoms with Crippen LogP contribution in [0.25, 0.3) is 0 Å². The van der Waals surface area contributed by atoms with Gasteiger partial charge in [0.05, 0.1) is 0 Å². The molecule has 2 N–H and O–H groups in total. The fraction of sp³-hybridized carbons (Fsp3) is 1.00. The van der Waals surface area contributed by atoms with Gasteiger partial charge in [-0.05, 0) is 34.1 Å². The lowest BCUT2D eigenvalue weighted by Crippen LogP contribution is -2.41. The number of hydrogen-bond donors (Lipinski definition) is 1. The zero-order chi connectivity index (χ0) is 9.94. The number of rotatable bonds is 3. The minimum Gasteiger partial charge on any atom is -0.327 e. The molecule has 0 radical (unpaired) electrons. The molecule has 3 atom stereocenters. The Hall–Kier alpha value is 0.110. The van der Waals surface area contributed by atoms with Crippen LogP contribution in [0.3, 0.4) is 0 Å². The summed E-state index contributed by atoms with van der Waals surface area (Å²) >= 11 is 0. The maximum absolute atomic E-state index is 11.8. The lowest BCUT2D eigenvalue weighted by Gasteiger charge is -2.26. The van der Waals surface area contributed by atoms with Crippen molar-refractivity contribution >= 4 is 10.8 Å². The third kappa shape index (κ3) is 3.23. The molecule has 0 saturated carbocycles. The average Bonchev–Trinajstić information content (AvgIpc) is 1.98. The van der Waals surface area contributed by atoms with Crippen molar-refractivity contribution in [1.29, 1.82) is 0 Å². The lowest BCUT2D eigenvalue weighted by molar-refractivity contribution is 0.588. The normalized spacial score (nSPS) is 20.2. The van der Waals surface area contributed by atoms with Crippen molar-refractivity contribution in [3.63, 3.8) is 0 Å². The minimum absolute atomic E-state index is 0.0602. The van der Waals surface area contributed by atoms with Crippen molar-refractivity contribution in [2.24, 2.45) is 5.73 Å². The molecule has 0 aliphatic carbocycles. The predicted octanol–water partition coefficient (Wildman–Crippen LogP) is 1.66. The van der Waals surface area contributed by atoms with Crippen LogP contribution >= 0.6 is 0 Å². The molecule has 2 nitrogen and oxygen atoms in total. The summed E-state index contributed by atoms with van der Waals surface area (Å²) in [6.07, 6.45) is 0.892. The Labute approximate surface area is 78.4 Å². The van der Waals surface area contributed by atoms with Crippen LogP contribution in [-0.4, -0.2) is 20.2 Å². The molecule has 0 bridgehead atoms. The van der Waals surface area contributed by atoms with Gasteiger partial charge in [-0.25, -0.2) is 0 Å². The van der Waals surface area contributed by atoms with Crippen LogP contribution in [0.2, 0.25) is 0 Å². The first-order valence-electron chi connectivity index (χ1n) is 4.47. The molecule has 0 aromatic rings. The Kier molecular flexibility index (Phi) is 4.42. The van der Waals surface area contributed by atoms with Gasteiger partial charge < -0.3 is 5.73 Å². The van der Waals surface area contributed by atoms with Crippen molar-refractivity contribution in [2.45, 2.75) is 57.1 Å².